The number of hydrogen-bond acceptors (Lipinski definition) is 7. The Hall–Kier alpha value is -4.77. The molecule has 6 rings (SSSR count). The number of aromatic nitrogens is 4. The van der Waals surface area contributed by atoms with Gasteiger partial charge >= 0.3 is 0 Å². The van der Waals surface area contributed by atoms with Crippen LogP contribution in [0.3, 0.4) is 0 Å². The van der Waals surface area contributed by atoms with E-state index in [4.69, 9.17) is 10.5 Å². The molecule has 9 nitrogen and oxygen atoms in total. The molecule has 0 atom stereocenters. The second-order valence-electron chi connectivity index (χ2n) is 9.71. The Morgan fingerprint density at radius 2 is 1.95 bits per heavy atom. The first-order chi connectivity index (χ1) is 19.3. The average Bonchev–Trinajstić information content (AvgIpc) is 3.53. The number of anilines is 2. The zero-order chi connectivity index (χ0) is 28.0. The Morgan fingerprint density at radius 1 is 1.15 bits per heavy atom. The third-order valence-electron chi connectivity index (χ3n) is 7.11. The Balaban J connectivity index is 1.28. The highest BCUT2D eigenvalue weighted by molar-refractivity contribution is 6.12. The predicted molar refractivity (Wildman–Crippen MR) is 146 cm³/mol. The van der Waals surface area contributed by atoms with E-state index in [1.807, 2.05) is 6.07 Å². The van der Waals surface area contributed by atoms with Gasteiger partial charge < -0.3 is 25.5 Å². The molecule has 40 heavy (non-hydrogen) atoms. The van der Waals surface area contributed by atoms with Gasteiger partial charge in [-0.05, 0) is 61.2 Å². The van der Waals surface area contributed by atoms with Gasteiger partial charge in [-0.15, -0.1) is 0 Å². The Bertz CT molecular complexity index is 1740. The Morgan fingerprint density at radius 3 is 2.70 bits per heavy atom. The number of ether oxygens (including phenoxy) is 1. The predicted octanol–water partition coefficient (Wildman–Crippen LogP) is 4.69. The molecule has 204 valence electrons. The molecule has 11 heteroatoms. The topological polar surface area (TPSA) is 122 Å². The molecular formula is C29H26F2N6O3. The molecule has 4 heterocycles. The molecule has 0 aliphatic carbocycles. The van der Waals surface area contributed by atoms with Crippen molar-refractivity contribution in [1.82, 2.24) is 19.7 Å². The summed E-state index contributed by atoms with van der Waals surface area (Å²) in [7, 11) is 0. The van der Waals surface area contributed by atoms with Crippen LogP contribution in [0.2, 0.25) is 0 Å². The van der Waals surface area contributed by atoms with Crippen LogP contribution in [-0.2, 0) is 6.42 Å². The molecule has 0 fully saturated rings. The van der Waals surface area contributed by atoms with Gasteiger partial charge in [0.2, 0.25) is 17.4 Å². The molecule has 1 aliphatic heterocycles. The molecule has 3 aromatic heterocycles. The third kappa shape index (κ3) is 4.43. The lowest BCUT2D eigenvalue weighted by atomic mass is 10.00. The summed E-state index contributed by atoms with van der Waals surface area (Å²) in [5, 5.41) is 14.6. The van der Waals surface area contributed by atoms with Gasteiger partial charge in [-0.3, -0.25) is 4.79 Å². The number of aromatic amines is 1. The zero-order valence-electron chi connectivity index (χ0n) is 21.6. The van der Waals surface area contributed by atoms with Crippen molar-refractivity contribution < 1.29 is 23.4 Å². The molecule has 0 bridgehead atoms. The number of aliphatic hydroxyl groups excluding tert-OH is 1. The van der Waals surface area contributed by atoms with Gasteiger partial charge in [0, 0.05) is 35.7 Å². The van der Waals surface area contributed by atoms with Crippen molar-refractivity contribution in [2.75, 3.05) is 30.3 Å². The smallest absolute Gasteiger partial charge is 0.219 e. The van der Waals surface area contributed by atoms with Crippen LogP contribution in [0.1, 0.15) is 33.6 Å². The van der Waals surface area contributed by atoms with E-state index < -0.39 is 17.4 Å². The minimum Gasteiger partial charge on any atom is -0.433 e. The van der Waals surface area contributed by atoms with Crippen LogP contribution in [0, 0.1) is 18.6 Å². The van der Waals surface area contributed by atoms with E-state index in [0.29, 0.717) is 23.5 Å². The van der Waals surface area contributed by atoms with Crippen molar-refractivity contribution in [1.29, 1.82) is 0 Å². The van der Waals surface area contributed by atoms with Crippen LogP contribution >= 0.6 is 0 Å². The maximum atomic E-state index is 14.0. The minimum atomic E-state index is -0.845. The quantitative estimate of drug-likeness (QED) is 0.254. The van der Waals surface area contributed by atoms with Crippen LogP contribution in [0.4, 0.5) is 20.3 Å². The molecule has 1 aliphatic rings. The summed E-state index contributed by atoms with van der Waals surface area (Å²) in [6.07, 6.45) is 4.74. The number of rotatable bonds is 7. The first-order valence-corrected chi connectivity index (χ1v) is 12.8. The fourth-order valence-electron chi connectivity index (χ4n) is 5.12. The second kappa shape index (κ2) is 10.1. The number of aliphatic hydroxyl groups is 1. The van der Waals surface area contributed by atoms with Crippen LogP contribution in [-0.4, -0.2) is 50.3 Å². The van der Waals surface area contributed by atoms with Gasteiger partial charge in [-0.1, -0.05) is 6.07 Å². The number of H-pyrrole nitrogens is 1. The van der Waals surface area contributed by atoms with Crippen molar-refractivity contribution in [3.63, 3.8) is 0 Å². The van der Waals surface area contributed by atoms with Gasteiger partial charge in [-0.25, -0.2) is 18.4 Å². The average molecular weight is 545 g/mol. The third-order valence-corrected chi connectivity index (χ3v) is 7.11. The molecule has 5 aromatic rings. The summed E-state index contributed by atoms with van der Waals surface area (Å²) < 4.78 is 34.7. The van der Waals surface area contributed by atoms with Crippen molar-refractivity contribution in [2.45, 2.75) is 19.8 Å². The number of halogens is 2. The van der Waals surface area contributed by atoms with Crippen molar-refractivity contribution in [3.05, 3.63) is 88.9 Å². The maximum Gasteiger partial charge on any atom is 0.219 e. The van der Waals surface area contributed by atoms with E-state index in [1.165, 1.54) is 34.8 Å². The fraction of sp³-hybridized carbons (Fsp3) is 0.207. The van der Waals surface area contributed by atoms with Crippen molar-refractivity contribution >= 4 is 28.2 Å². The molecule has 2 aromatic carbocycles. The number of para-hydroxylation sites is 1. The summed E-state index contributed by atoms with van der Waals surface area (Å²) >= 11 is 0. The van der Waals surface area contributed by atoms with Gasteiger partial charge in [0.05, 0.1) is 35.9 Å². The lowest BCUT2D eigenvalue weighted by molar-refractivity contribution is 0.103. The van der Waals surface area contributed by atoms with Crippen LogP contribution < -0.4 is 15.4 Å². The Kier molecular flexibility index (Phi) is 6.43. The molecule has 0 saturated heterocycles. The standard InChI is InChI=1S/C29H26F2N6O3/c1-16-10-26(40-28-20(30)5-2-6-21(28)31)33-15-25(16)37-29(32)19(14-34-37)27(39)23-12-18-13-24-17(11-22(18)35-23)4-3-7-36(24)8-9-38/h2,5-6,10-15,35,38H,3-4,7-9,32H2,1H3. The lowest BCUT2D eigenvalue weighted by Gasteiger charge is -2.30. The molecule has 0 amide bonds. The number of pyridine rings is 1. The highest BCUT2D eigenvalue weighted by atomic mass is 19.1. The number of benzene rings is 2. The van der Waals surface area contributed by atoms with Gasteiger partial charge in [0.15, 0.2) is 11.6 Å². The Labute approximate surface area is 227 Å². The summed E-state index contributed by atoms with van der Waals surface area (Å²) in [5.41, 5.74) is 11.1. The highest BCUT2D eigenvalue weighted by Crippen LogP contribution is 2.33. The number of carbonyl (C=O) groups is 1. The van der Waals surface area contributed by atoms with E-state index in [-0.39, 0.29) is 29.7 Å². The number of fused-ring (bicyclic) bond motifs is 2. The maximum absolute atomic E-state index is 14.0. The van der Waals surface area contributed by atoms with E-state index in [2.05, 4.69) is 26.0 Å². The number of β-amino-alcohol motifs (C(OH)–C–C–N with tert-alkyl or cyclic N) is 1. The SMILES string of the molecule is Cc1cc(Oc2c(F)cccc2F)ncc1-n1ncc(C(=O)c2cc3cc4c(cc3[nH]2)CCCN4CCO)c1N. The molecule has 4 N–H and O–H groups in total. The monoisotopic (exact) mass is 544 g/mol. The first-order valence-electron chi connectivity index (χ1n) is 12.8. The molecule has 0 unspecified atom stereocenters. The first kappa shape index (κ1) is 25.5. The minimum absolute atomic E-state index is 0.00870. The normalized spacial score (nSPS) is 13.1. The number of ketones is 1. The van der Waals surface area contributed by atoms with Gasteiger partial charge in [0.1, 0.15) is 5.82 Å². The van der Waals surface area contributed by atoms with Crippen LogP contribution in [0.5, 0.6) is 11.6 Å². The van der Waals surface area contributed by atoms with Crippen molar-refractivity contribution in [3.8, 4) is 17.3 Å². The van der Waals surface area contributed by atoms with Gasteiger partial charge in [0.25, 0.3) is 0 Å². The summed E-state index contributed by atoms with van der Waals surface area (Å²) in [5.74, 6) is -2.44. The van der Waals surface area contributed by atoms with E-state index in [0.717, 1.165) is 48.1 Å². The molecular weight excluding hydrogens is 518 g/mol. The molecule has 0 radical (unpaired) electrons. The zero-order valence-corrected chi connectivity index (χ0v) is 21.6. The number of nitrogens with one attached hydrogen (secondary N) is 1. The largest absolute Gasteiger partial charge is 0.433 e. The van der Waals surface area contributed by atoms with Gasteiger partial charge in [-0.2, -0.15) is 5.10 Å². The number of nitrogens with two attached hydrogens (primary N) is 1. The number of nitrogen functional groups attached to an aromatic ring is 1. The summed E-state index contributed by atoms with van der Waals surface area (Å²) in [6, 6.07) is 10.8. The number of aryl methyl sites for hydroxylation is 2. The number of carbonyl (C=O) groups excluding carboxylic acids is 1. The number of nitrogens with zero attached hydrogens (tertiary/aromatic N) is 4. The van der Waals surface area contributed by atoms with Crippen molar-refractivity contribution in [2.24, 2.45) is 0 Å². The van der Waals surface area contributed by atoms with Crippen LogP contribution in [0.25, 0.3) is 16.6 Å². The van der Waals surface area contributed by atoms with E-state index in [9.17, 15) is 18.7 Å². The summed E-state index contributed by atoms with van der Waals surface area (Å²) in [6.45, 7) is 3.26. The van der Waals surface area contributed by atoms with E-state index >= 15 is 0 Å². The van der Waals surface area contributed by atoms with E-state index in [1.54, 1.807) is 13.0 Å². The molecule has 0 saturated carbocycles. The highest BCUT2D eigenvalue weighted by Gasteiger charge is 2.23. The fourth-order valence-corrected chi connectivity index (χ4v) is 5.12. The lowest BCUT2D eigenvalue weighted by Crippen LogP contribution is -2.31. The summed E-state index contributed by atoms with van der Waals surface area (Å²) in [4.78, 5) is 23.0. The number of hydrogen-bond donors (Lipinski definition) is 3. The second-order valence-corrected chi connectivity index (χ2v) is 9.71. The van der Waals surface area contributed by atoms with Crippen LogP contribution in [0.15, 0.2) is 54.9 Å². The molecule has 0 spiro atoms.